The lowest BCUT2D eigenvalue weighted by atomic mass is 10.1. The number of phosphoric ester groups is 1. The molecule has 0 bridgehead atoms. The monoisotopic (exact) mass is 721 g/mol. The molecule has 1 aliphatic rings. The molecule has 0 aromatic carbocycles. The van der Waals surface area contributed by atoms with Crippen molar-refractivity contribution in [2.45, 2.75) is 160 Å². The molecule has 0 radical (unpaired) electrons. The second-order valence-corrected chi connectivity index (χ2v) is 15.4. The van der Waals surface area contributed by atoms with Crippen LogP contribution in [-0.2, 0) is 23.1 Å². The third kappa shape index (κ3) is 18.2. The van der Waals surface area contributed by atoms with Gasteiger partial charge >= 0.3 is 7.82 Å². The molecule has 1 saturated heterocycles. The van der Waals surface area contributed by atoms with Crippen LogP contribution in [0.5, 0.6) is 0 Å². The summed E-state index contributed by atoms with van der Waals surface area (Å²) in [4.78, 5) is 14.3. The van der Waals surface area contributed by atoms with Crippen LogP contribution in [0.1, 0.15) is 141 Å². The van der Waals surface area contributed by atoms with Gasteiger partial charge in [-0.3, -0.25) is 14.5 Å². The van der Waals surface area contributed by atoms with Crippen LogP contribution < -0.4 is 5.73 Å². The van der Waals surface area contributed by atoms with Gasteiger partial charge in [0, 0.05) is 12.4 Å². The maximum absolute atomic E-state index is 12.8. The highest BCUT2D eigenvalue weighted by Gasteiger charge is 2.45. The van der Waals surface area contributed by atoms with Crippen molar-refractivity contribution < 1.29 is 38.2 Å². The summed E-state index contributed by atoms with van der Waals surface area (Å²) in [5, 5.41) is 32.3. The first-order valence-corrected chi connectivity index (χ1v) is 20.9. The molecule has 2 heterocycles. The highest BCUT2D eigenvalue weighted by atomic mass is 32.2. The first-order chi connectivity index (χ1) is 23.2. The van der Waals surface area contributed by atoms with Crippen molar-refractivity contribution in [1.29, 1.82) is 5.41 Å². The molecule has 1 fully saturated rings. The van der Waals surface area contributed by atoms with Gasteiger partial charge in [-0.15, -0.1) is 5.10 Å². The molecule has 0 saturated carbocycles. The van der Waals surface area contributed by atoms with Gasteiger partial charge in [-0.2, -0.15) is 11.8 Å². The Labute approximate surface area is 292 Å². The second kappa shape index (κ2) is 25.8. The van der Waals surface area contributed by atoms with E-state index in [1.54, 1.807) is 11.8 Å². The van der Waals surface area contributed by atoms with E-state index < -0.39 is 39.0 Å². The van der Waals surface area contributed by atoms with Gasteiger partial charge in [-0.25, -0.2) is 14.2 Å². The summed E-state index contributed by atoms with van der Waals surface area (Å²) < 4.78 is 36.1. The van der Waals surface area contributed by atoms with E-state index in [4.69, 9.17) is 29.7 Å². The molecule has 6 N–H and O–H groups in total. The Morgan fingerprint density at radius 3 is 2.06 bits per heavy atom. The summed E-state index contributed by atoms with van der Waals surface area (Å²) in [6.45, 7) is 4.41. The largest absolute Gasteiger partial charge is 0.472 e. The normalized spacial score (nSPS) is 21.4. The summed E-state index contributed by atoms with van der Waals surface area (Å²) in [5.74, 6) is 1.22. The number of phosphoric acid groups is 1. The third-order valence-corrected chi connectivity index (χ3v) is 10.6. The Bertz CT molecular complexity index is 1020. The number of aliphatic hydroxyl groups excluding tert-OH is 2. The predicted octanol–water partition coefficient (Wildman–Crippen LogP) is 6.49. The van der Waals surface area contributed by atoms with Crippen molar-refractivity contribution in [2.24, 2.45) is 5.73 Å². The number of nitrogens with zero attached hydrogens (tertiary/aromatic N) is 3. The average Bonchev–Trinajstić information content (AvgIpc) is 3.67. The summed E-state index contributed by atoms with van der Waals surface area (Å²) in [6.07, 6.45) is 18.2. The zero-order valence-corrected chi connectivity index (χ0v) is 31.1. The smallest absolute Gasteiger partial charge is 0.387 e. The molecule has 15 heteroatoms. The molecular formula is C33H64N5O8PS. The summed E-state index contributed by atoms with van der Waals surface area (Å²) >= 11 is 1.77. The van der Waals surface area contributed by atoms with Crippen LogP contribution in [0.3, 0.4) is 0 Å². The Hall–Kier alpha value is -1.09. The lowest BCUT2D eigenvalue weighted by molar-refractivity contribution is -0.0600. The van der Waals surface area contributed by atoms with Gasteiger partial charge in [0.15, 0.2) is 12.1 Å². The number of thioether (sulfide) groups is 1. The van der Waals surface area contributed by atoms with Gasteiger partial charge < -0.3 is 30.3 Å². The number of aromatic nitrogens is 3. The van der Waals surface area contributed by atoms with Gasteiger partial charge in [0.05, 0.1) is 19.3 Å². The van der Waals surface area contributed by atoms with Gasteiger partial charge in [-0.1, -0.05) is 117 Å². The number of aliphatic hydroxyl groups is 2. The quantitative estimate of drug-likeness (QED) is 0.0242. The van der Waals surface area contributed by atoms with E-state index in [2.05, 4.69) is 23.9 Å². The SMILES string of the molecule is CCCCCCCCCCCCSC[C@@H](COP(=O)(O)OCC1OC(n2cnc(C(=N)N)n2)C(O)C1O)OCCCCCCCCCC. The number of amidine groups is 1. The number of ether oxygens (including phenoxy) is 2. The van der Waals surface area contributed by atoms with E-state index in [1.807, 2.05) is 0 Å². The summed E-state index contributed by atoms with van der Waals surface area (Å²) in [7, 11) is -4.52. The standard InChI is InChI=1S/C33H64N5O8PS/c1-3-5-7-9-11-13-14-16-18-20-22-48-25-27(43-21-19-17-15-12-10-8-6-4-2)23-44-47(41,42)45-24-28-29(39)30(40)33(46-28)38-26-36-32(37-38)31(34)35/h26-30,33,39-40H,3-25H2,1-2H3,(H3,34,35)(H,41,42)/t27-,28?,29?,30?,33?/m1/s1. The fourth-order valence-corrected chi connectivity index (χ4v) is 7.32. The number of nitrogens with one attached hydrogen (secondary N) is 1. The number of nitrogens with two attached hydrogens (primary N) is 1. The van der Waals surface area contributed by atoms with Crippen LogP contribution in [0.2, 0.25) is 0 Å². The van der Waals surface area contributed by atoms with Crippen molar-refractivity contribution in [3.8, 4) is 0 Å². The first-order valence-electron chi connectivity index (χ1n) is 18.3. The number of rotatable bonds is 31. The van der Waals surface area contributed by atoms with Crippen molar-refractivity contribution in [2.75, 3.05) is 31.3 Å². The van der Waals surface area contributed by atoms with Gasteiger partial charge in [0.1, 0.15) is 24.6 Å². The van der Waals surface area contributed by atoms with Crippen LogP contribution in [0.4, 0.5) is 0 Å². The first kappa shape index (κ1) is 43.1. The van der Waals surface area contributed by atoms with E-state index in [0.717, 1.165) is 29.7 Å². The Morgan fingerprint density at radius 2 is 1.50 bits per heavy atom. The Morgan fingerprint density at radius 1 is 0.938 bits per heavy atom. The Balaban J connectivity index is 1.74. The topological polar surface area (TPSA) is 195 Å². The molecule has 280 valence electrons. The molecule has 1 aromatic rings. The fourth-order valence-electron chi connectivity index (χ4n) is 5.53. The maximum Gasteiger partial charge on any atom is 0.472 e. The van der Waals surface area contributed by atoms with Gasteiger partial charge in [0.25, 0.3) is 0 Å². The molecule has 6 atom stereocenters. The average molecular weight is 722 g/mol. The van der Waals surface area contributed by atoms with Crippen molar-refractivity contribution in [1.82, 2.24) is 14.8 Å². The number of nitrogen functional groups attached to an aromatic ring is 1. The number of hydrogen-bond acceptors (Lipinski definition) is 11. The highest BCUT2D eigenvalue weighted by molar-refractivity contribution is 7.99. The molecule has 2 rings (SSSR count). The van der Waals surface area contributed by atoms with Gasteiger partial charge in [-0.05, 0) is 18.6 Å². The van der Waals surface area contributed by atoms with Crippen molar-refractivity contribution >= 4 is 25.4 Å². The minimum Gasteiger partial charge on any atom is -0.387 e. The third-order valence-electron chi connectivity index (χ3n) is 8.47. The molecule has 5 unspecified atom stereocenters. The minimum absolute atomic E-state index is 0.0610. The molecule has 13 nitrogen and oxygen atoms in total. The van der Waals surface area contributed by atoms with Crippen LogP contribution in [-0.4, -0.2) is 91.4 Å². The molecule has 0 amide bonds. The lowest BCUT2D eigenvalue weighted by Gasteiger charge is -2.21. The van der Waals surface area contributed by atoms with E-state index in [0.29, 0.717) is 12.4 Å². The van der Waals surface area contributed by atoms with E-state index in [1.165, 1.54) is 103 Å². The van der Waals surface area contributed by atoms with Crippen LogP contribution in [0.15, 0.2) is 6.33 Å². The van der Waals surface area contributed by atoms with E-state index in [9.17, 15) is 19.7 Å². The van der Waals surface area contributed by atoms with Crippen LogP contribution in [0, 0.1) is 5.41 Å². The molecule has 0 aliphatic carbocycles. The zero-order chi connectivity index (χ0) is 35.0. The highest BCUT2D eigenvalue weighted by Crippen LogP contribution is 2.44. The second-order valence-electron chi connectivity index (χ2n) is 12.8. The lowest BCUT2D eigenvalue weighted by Crippen LogP contribution is -2.34. The van der Waals surface area contributed by atoms with E-state index in [-0.39, 0.29) is 24.4 Å². The molecule has 1 aliphatic heterocycles. The van der Waals surface area contributed by atoms with Crippen LogP contribution in [0.25, 0.3) is 0 Å². The fraction of sp³-hybridized carbons (Fsp3) is 0.909. The molecule has 1 aromatic heterocycles. The summed E-state index contributed by atoms with van der Waals surface area (Å²) in [5.41, 5.74) is 5.39. The minimum atomic E-state index is -4.52. The van der Waals surface area contributed by atoms with Crippen molar-refractivity contribution in [3.05, 3.63) is 12.2 Å². The molecular weight excluding hydrogens is 657 g/mol. The summed E-state index contributed by atoms with van der Waals surface area (Å²) in [6, 6.07) is 0. The van der Waals surface area contributed by atoms with Crippen LogP contribution >= 0.6 is 19.6 Å². The zero-order valence-electron chi connectivity index (χ0n) is 29.4. The predicted molar refractivity (Wildman–Crippen MR) is 190 cm³/mol. The van der Waals surface area contributed by atoms with Gasteiger partial charge in [0.2, 0.25) is 5.82 Å². The molecule has 48 heavy (non-hydrogen) atoms. The molecule has 0 spiro atoms. The maximum atomic E-state index is 12.8. The Kier molecular flexibility index (Phi) is 23.2. The number of hydrogen-bond donors (Lipinski definition) is 5. The van der Waals surface area contributed by atoms with Crippen molar-refractivity contribution in [3.63, 3.8) is 0 Å². The van der Waals surface area contributed by atoms with E-state index >= 15 is 0 Å². The number of unbranched alkanes of at least 4 members (excludes halogenated alkanes) is 16.